The number of amides is 1. The van der Waals surface area contributed by atoms with Crippen LogP contribution in [0.4, 0.5) is 5.69 Å². The van der Waals surface area contributed by atoms with Gasteiger partial charge in [-0.2, -0.15) is 0 Å². The van der Waals surface area contributed by atoms with Crippen LogP contribution in [0.1, 0.15) is 53.4 Å². The summed E-state index contributed by atoms with van der Waals surface area (Å²) in [5.74, 6) is -0.570. The van der Waals surface area contributed by atoms with Gasteiger partial charge in [0.1, 0.15) is 0 Å². The van der Waals surface area contributed by atoms with E-state index in [0.717, 1.165) is 0 Å². The summed E-state index contributed by atoms with van der Waals surface area (Å²) in [7, 11) is 0. The van der Waals surface area contributed by atoms with E-state index >= 15 is 0 Å². The van der Waals surface area contributed by atoms with Crippen LogP contribution in [-0.2, 0) is 9.53 Å². The van der Waals surface area contributed by atoms with Gasteiger partial charge >= 0.3 is 5.97 Å². The molecule has 7 nitrogen and oxygen atoms in total. The maximum atomic E-state index is 12.7. The van der Waals surface area contributed by atoms with Crippen LogP contribution < -0.4 is 5.32 Å². The zero-order valence-electron chi connectivity index (χ0n) is 18.0. The summed E-state index contributed by atoms with van der Waals surface area (Å²) >= 11 is 1.32. The summed E-state index contributed by atoms with van der Waals surface area (Å²) in [6.45, 7) is 8.73. The lowest BCUT2D eigenvalue weighted by Crippen LogP contribution is -2.27. The van der Waals surface area contributed by atoms with Gasteiger partial charge in [0.05, 0.1) is 6.26 Å². The van der Waals surface area contributed by atoms with Gasteiger partial charge in [-0.05, 0) is 50.2 Å². The number of furan rings is 1. The molecule has 1 aromatic carbocycles. The average Bonchev–Trinajstić information content (AvgIpc) is 3.36. The second kappa shape index (κ2) is 8.85. The van der Waals surface area contributed by atoms with Crippen LogP contribution >= 0.6 is 11.3 Å². The molecule has 1 atom stereocenters. The number of hydrogen-bond donors (Lipinski definition) is 1. The number of ether oxygens (including phenoxy) is 1. The van der Waals surface area contributed by atoms with Gasteiger partial charge in [0.15, 0.2) is 22.6 Å². The Morgan fingerprint density at radius 3 is 2.39 bits per heavy atom. The van der Waals surface area contributed by atoms with Crippen molar-refractivity contribution < 1.29 is 23.5 Å². The molecule has 162 valence electrons. The second-order valence-electron chi connectivity index (χ2n) is 8.09. The van der Waals surface area contributed by atoms with Crippen LogP contribution in [0.2, 0.25) is 0 Å². The van der Waals surface area contributed by atoms with E-state index in [1.807, 2.05) is 20.8 Å². The van der Waals surface area contributed by atoms with Crippen LogP contribution in [0.15, 0.2) is 47.1 Å². The number of aryl methyl sites for hydroxylation is 1. The number of aromatic nitrogens is 1. The summed E-state index contributed by atoms with van der Waals surface area (Å²) in [6.07, 6.45) is 0.542. The summed E-state index contributed by atoms with van der Waals surface area (Å²) in [5, 5.41) is 3.37. The van der Waals surface area contributed by atoms with E-state index in [0.29, 0.717) is 26.9 Å². The van der Waals surface area contributed by atoms with Gasteiger partial charge in [-0.15, -0.1) is 11.3 Å². The molecule has 0 aliphatic carbocycles. The van der Waals surface area contributed by atoms with E-state index in [4.69, 9.17) is 9.15 Å². The number of benzene rings is 1. The lowest BCUT2D eigenvalue weighted by Gasteiger charge is -2.18. The first-order valence-electron chi connectivity index (χ1n) is 9.74. The fourth-order valence-corrected chi connectivity index (χ4v) is 3.50. The molecule has 0 fully saturated rings. The summed E-state index contributed by atoms with van der Waals surface area (Å²) < 4.78 is 10.7. The van der Waals surface area contributed by atoms with Crippen molar-refractivity contribution >= 4 is 34.7 Å². The topological polar surface area (TPSA) is 98.5 Å². The van der Waals surface area contributed by atoms with E-state index in [-0.39, 0.29) is 17.4 Å². The van der Waals surface area contributed by atoms with E-state index in [1.54, 1.807) is 43.3 Å². The molecule has 31 heavy (non-hydrogen) atoms. The first kappa shape index (κ1) is 22.4. The number of nitrogens with one attached hydrogen (secondary N) is 1. The van der Waals surface area contributed by atoms with E-state index in [1.165, 1.54) is 24.5 Å². The van der Waals surface area contributed by atoms with E-state index in [9.17, 15) is 14.4 Å². The fourth-order valence-electron chi connectivity index (χ4n) is 2.63. The molecular weight excluding hydrogens is 416 g/mol. The van der Waals surface area contributed by atoms with Gasteiger partial charge in [-0.25, -0.2) is 9.78 Å². The van der Waals surface area contributed by atoms with Crippen LogP contribution in [0.5, 0.6) is 0 Å². The first-order chi connectivity index (χ1) is 14.6. The molecule has 0 aliphatic heterocycles. The van der Waals surface area contributed by atoms with Crippen molar-refractivity contribution in [1.29, 1.82) is 0 Å². The van der Waals surface area contributed by atoms with Crippen molar-refractivity contribution in [3.63, 3.8) is 0 Å². The highest BCUT2D eigenvalue weighted by Crippen LogP contribution is 2.28. The zero-order valence-corrected chi connectivity index (χ0v) is 18.8. The molecular formula is C23H24N2O5S. The predicted octanol–water partition coefficient (Wildman–Crippen LogP) is 5.12. The molecule has 0 aliphatic rings. The van der Waals surface area contributed by atoms with Crippen LogP contribution in [0.25, 0.3) is 10.8 Å². The first-order valence-corrected chi connectivity index (χ1v) is 10.6. The molecule has 2 aromatic heterocycles. The number of ketones is 1. The number of esters is 1. The van der Waals surface area contributed by atoms with Crippen molar-refractivity contribution in [2.45, 2.75) is 40.7 Å². The van der Waals surface area contributed by atoms with Gasteiger partial charge < -0.3 is 14.5 Å². The number of carbonyl (C=O) groups is 3. The highest BCUT2D eigenvalue weighted by Gasteiger charge is 2.25. The predicted molar refractivity (Wildman–Crippen MR) is 118 cm³/mol. The number of anilines is 1. The standard InChI is InChI=1S/C23H24N2O5S/c1-13(19(26)15-8-10-16(11-9-15)24-22(28)23(3,4)5)30-21(27)18-14(2)31-20(25-18)17-7-6-12-29-17/h6-13H,1-5H3,(H,24,28). The summed E-state index contributed by atoms with van der Waals surface area (Å²) in [5.41, 5.74) is 0.600. The Kier molecular flexibility index (Phi) is 6.40. The molecule has 0 saturated heterocycles. The quantitative estimate of drug-likeness (QED) is 0.422. The summed E-state index contributed by atoms with van der Waals surface area (Å²) in [4.78, 5) is 42.3. The van der Waals surface area contributed by atoms with Gasteiger partial charge in [-0.3, -0.25) is 9.59 Å². The number of nitrogens with zero attached hydrogens (tertiary/aromatic N) is 1. The van der Waals surface area contributed by atoms with Crippen molar-refractivity contribution in [2.75, 3.05) is 5.32 Å². The second-order valence-corrected chi connectivity index (χ2v) is 9.30. The molecule has 0 bridgehead atoms. The largest absolute Gasteiger partial charge is 0.462 e. The molecule has 2 heterocycles. The number of Topliss-reactive ketones (excluding diaryl/α,β-unsaturated/α-hetero) is 1. The Hall–Kier alpha value is -3.26. The van der Waals surface area contributed by atoms with Crippen molar-refractivity contribution in [3.05, 3.63) is 58.8 Å². The third-order valence-corrected chi connectivity index (χ3v) is 5.47. The smallest absolute Gasteiger partial charge is 0.358 e. The lowest BCUT2D eigenvalue weighted by atomic mass is 9.95. The maximum absolute atomic E-state index is 12.7. The average molecular weight is 441 g/mol. The third-order valence-electron chi connectivity index (χ3n) is 4.48. The minimum Gasteiger partial charge on any atom is -0.462 e. The highest BCUT2D eigenvalue weighted by molar-refractivity contribution is 7.15. The van der Waals surface area contributed by atoms with Crippen LogP contribution in [-0.4, -0.2) is 28.7 Å². The van der Waals surface area contributed by atoms with Crippen molar-refractivity contribution in [1.82, 2.24) is 4.98 Å². The van der Waals surface area contributed by atoms with Gasteiger partial charge in [0.2, 0.25) is 11.7 Å². The number of thiazole rings is 1. The Morgan fingerprint density at radius 2 is 1.81 bits per heavy atom. The fraction of sp³-hybridized carbons (Fsp3) is 0.304. The minimum absolute atomic E-state index is 0.124. The molecule has 1 amide bonds. The minimum atomic E-state index is -0.990. The monoisotopic (exact) mass is 440 g/mol. The van der Waals surface area contributed by atoms with Crippen molar-refractivity contribution in [2.24, 2.45) is 5.41 Å². The lowest BCUT2D eigenvalue weighted by molar-refractivity contribution is -0.123. The molecule has 1 N–H and O–H groups in total. The molecule has 0 spiro atoms. The number of hydrogen-bond acceptors (Lipinski definition) is 7. The zero-order chi connectivity index (χ0) is 22.8. The van der Waals surface area contributed by atoms with E-state index in [2.05, 4.69) is 10.3 Å². The molecule has 0 saturated carbocycles. The van der Waals surface area contributed by atoms with Crippen LogP contribution in [0, 0.1) is 12.3 Å². The molecule has 3 rings (SSSR count). The van der Waals surface area contributed by atoms with Crippen molar-refractivity contribution in [3.8, 4) is 10.8 Å². The Morgan fingerprint density at radius 1 is 1.13 bits per heavy atom. The maximum Gasteiger partial charge on any atom is 0.358 e. The molecule has 3 aromatic rings. The normalized spacial score (nSPS) is 12.3. The van der Waals surface area contributed by atoms with E-state index < -0.39 is 17.5 Å². The van der Waals surface area contributed by atoms with Gasteiger partial charge in [0, 0.05) is 21.5 Å². The number of carbonyl (C=O) groups excluding carboxylic acids is 3. The Bertz CT molecular complexity index is 1090. The SMILES string of the molecule is Cc1sc(-c2ccco2)nc1C(=O)OC(C)C(=O)c1ccc(NC(=O)C(C)(C)C)cc1. The Labute approximate surface area is 184 Å². The molecule has 0 radical (unpaired) electrons. The van der Waals surface area contributed by atoms with Gasteiger partial charge in [-0.1, -0.05) is 20.8 Å². The van der Waals surface area contributed by atoms with Gasteiger partial charge in [0.25, 0.3) is 0 Å². The number of rotatable bonds is 6. The highest BCUT2D eigenvalue weighted by atomic mass is 32.1. The van der Waals surface area contributed by atoms with Crippen LogP contribution in [0.3, 0.4) is 0 Å². The third kappa shape index (κ3) is 5.27. The molecule has 1 unspecified atom stereocenters. The Balaban J connectivity index is 1.65. The summed E-state index contributed by atoms with van der Waals surface area (Å²) in [6, 6.07) is 9.97. The molecule has 8 heteroatoms.